The van der Waals surface area contributed by atoms with Crippen LogP contribution in [-0.4, -0.2) is 47.8 Å². The predicted octanol–water partition coefficient (Wildman–Crippen LogP) is 0.693. The molecule has 0 unspecified atom stereocenters. The molecule has 0 radical (unpaired) electrons. The second kappa shape index (κ2) is 7.85. The molecule has 0 heterocycles. The number of ether oxygens (including phenoxy) is 2. The van der Waals surface area contributed by atoms with Crippen molar-refractivity contribution in [2.45, 2.75) is 13.5 Å². The van der Waals surface area contributed by atoms with Crippen LogP contribution in [0.5, 0.6) is 0 Å². The van der Waals surface area contributed by atoms with E-state index < -0.39 is 27.4 Å². The van der Waals surface area contributed by atoms with Crippen molar-refractivity contribution in [3.63, 3.8) is 0 Å². The Morgan fingerprint density at radius 3 is 2.22 bits per heavy atom. The van der Waals surface area contributed by atoms with Crippen LogP contribution in [0.2, 0.25) is 6.55 Å². The molecule has 1 N–H and O–H groups in total. The third-order valence-electron chi connectivity index (χ3n) is 2.15. The summed E-state index contributed by atoms with van der Waals surface area (Å²) in [5.41, 5.74) is 0.234. The second-order valence-corrected chi connectivity index (χ2v) is 7.10. The minimum Gasteiger partial charge on any atom is -0.424 e. The summed E-state index contributed by atoms with van der Waals surface area (Å²) in [5.74, 6) is -0.615. The van der Waals surface area contributed by atoms with Gasteiger partial charge in [0.05, 0.1) is 6.17 Å². The quantitative estimate of drug-likeness (QED) is 0.319. The van der Waals surface area contributed by atoms with Crippen LogP contribution in [-0.2, 0) is 23.1 Å². The monoisotopic (exact) mass is 277 g/mol. The fraction of sp³-hybridized carbons (Fsp3) is 0.600. The summed E-state index contributed by atoms with van der Waals surface area (Å²) in [6.45, 7) is 6.21. The van der Waals surface area contributed by atoms with Crippen LogP contribution in [0.15, 0.2) is 12.2 Å². The molecule has 0 atom stereocenters. The highest BCUT2D eigenvalue weighted by molar-refractivity contribution is 6.66. The molecule has 0 aromatic heterocycles. The first kappa shape index (κ1) is 16.6. The zero-order valence-electron chi connectivity index (χ0n) is 11.1. The minimum absolute atomic E-state index is 0.229. The molecular weight excluding hydrogens is 258 g/mol. The SMILES string of the molecule is C=C(C)C(=O)OCOC(=O)NC[Si](C)(OC)OC. The highest BCUT2D eigenvalue weighted by atomic mass is 28.4. The van der Waals surface area contributed by atoms with Crippen LogP contribution >= 0.6 is 0 Å². The second-order valence-electron chi connectivity index (χ2n) is 3.66. The van der Waals surface area contributed by atoms with Gasteiger partial charge >= 0.3 is 20.6 Å². The average Bonchev–Trinajstić information content (AvgIpc) is 2.35. The molecular formula is C10H19NO6Si. The molecule has 0 aromatic carbocycles. The number of amides is 1. The first-order valence-corrected chi connectivity index (χ1v) is 7.70. The Morgan fingerprint density at radius 2 is 1.78 bits per heavy atom. The van der Waals surface area contributed by atoms with Gasteiger partial charge in [0.25, 0.3) is 0 Å². The number of hydrogen-bond acceptors (Lipinski definition) is 6. The Morgan fingerprint density at radius 1 is 1.22 bits per heavy atom. The first-order chi connectivity index (χ1) is 8.34. The number of esters is 1. The molecule has 0 saturated heterocycles. The summed E-state index contributed by atoms with van der Waals surface area (Å²) >= 11 is 0. The number of hydrogen-bond donors (Lipinski definition) is 1. The summed E-state index contributed by atoms with van der Waals surface area (Å²) in [6, 6.07) is 0. The van der Waals surface area contributed by atoms with E-state index in [0.717, 1.165) is 0 Å². The third-order valence-corrected chi connectivity index (χ3v) is 4.69. The van der Waals surface area contributed by atoms with E-state index in [1.807, 2.05) is 0 Å². The van der Waals surface area contributed by atoms with Crippen molar-refractivity contribution < 1.29 is 27.9 Å². The van der Waals surface area contributed by atoms with E-state index in [1.165, 1.54) is 21.1 Å². The summed E-state index contributed by atoms with van der Waals surface area (Å²) in [4.78, 5) is 22.2. The molecule has 8 heteroatoms. The molecule has 0 aliphatic rings. The van der Waals surface area contributed by atoms with Gasteiger partial charge in [-0.25, -0.2) is 9.59 Å². The van der Waals surface area contributed by atoms with E-state index in [1.54, 1.807) is 6.55 Å². The van der Waals surface area contributed by atoms with Crippen LogP contribution in [0.25, 0.3) is 0 Å². The zero-order chi connectivity index (χ0) is 14.2. The topological polar surface area (TPSA) is 83.1 Å². The lowest BCUT2D eigenvalue weighted by molar-refractivity contribution is -0.146. The lowest BCUT2D eigenvalue weighted by Crippen LogP contribution is -2.48. The van der Waals surface area contributed by atoms with Gasteiger partial charge in [-0.2, -0.15) is 0 Å². The van der Waals surface area contributed by atoms with Crippen molar-refractivity contribution in [3.05, 3.63) is 12.2 Å². The summed E-state index contributed by atoms with van der Waals surface area (Å²) in [5, 5.41) is 2.46. The van der Waals surface area contributed by atoms with Gasteiger partial charge in [-0.3, -0.25) is 0 Å². The fourth-order valence-corrected chi connectivity index (χ4v) is 1.69. The smallest absolute Gasteiger partial charge is 0.409 e. The van der Waals surface area contributed by atoms with Gasteiger partial charge in [0, 0.05) is 19.8 Å². The molecule has 0 aliphatic carbocycles. The fourth-order valence-electron chi connectivity index (χ4n) is 0.771. The first-order valence-electron chi connectivity index (χ1n) is 5.18. The molecule has 0 spiro atoms. The summed E-state index contributed by atoms with van der Waals surface area (Å²) < 4.78 is 19.5. The maximum atomic E-state index is 11.2. The summed E-state index contributed by atoms with van der Waals surface area (Å²) in [6.07, 6.45) is -0.481. The van der Waals surface area contributed by atoms with Crippen LogP contribution in [0.4, 0.5) is 4.79 Å². The van der Waals surface area contributed by atoms with Gasteiger partial charge in [-0.05, 0) is 13.5 Å². The molecule has 0 saturated carbocycles. The van der Waals surface area contributed by atoms with Gasteiger partial charge in [-0.1, -0.05) is 6.58 Å². The van der Waals surface area contributed by atoms with Crippen molar-refractivity contribution in [2.24, 2.45) is 0 Å². The maximum Gasteiger partial charge on any atom is 0.409 e. The highest BCUT2D eigenvalue weighted by Crippen LogP contribution is 2.01. The van der Waals surface area contributed by atoms with E-state index in [4.69, 9.17) is 8.85 Å². The van der Waals surface area contributed by atoms with Crippen LogP contribution in [0.3, 0.4) is 0 Å². The lowest BCUT2D eigenvalue weighted by atomic mass is 10.4. The molecule has 0 aromatic rings. The molecule has 7 nitrogen and oxygen atoms in total. The van der Waals surface area contributed by atoms with Gasteiger partial charge in [-0.15, -0.1) is 0 Å². The number of carbonyl (C=O) groups excluding carboxylic acids is 2. The van der Waals surface area contributed by atoms with E-state index in [9.17, 15) is 9.59 Å². The Hall–Kier alpha value is -1.38. The Bertz CT molecular complexity index is 315. The maximum absolute atomic E-state index is 11.2. The number of nitrogens with one attached hydrogen (secondary N) is 1. The van der Waals surface area contributed by atoms with Crippen molar-refractivity contribution in [3.8, 4) is 0 Å². The van der Waals surface area contributed by atoms with Gasteiger partial charge in [0.2, 0.25) is 6.79 Å². The Kier molecular flexibility index (Phi) is 7.25. The average molecular weight is 277 g/mol. The van der Waals surface area contributed by atoms with Crippen molar-refractivity contribution in [1.82, 2.24) is 5.32 Å². The van der Waals surface area contributed by atoms with Crippen molar-refractivity contribution in [2.75, 3.05) is 27.2 Å². The standard InChI is InChI=1S/C10H19NO6Si/c1-8(2)9(12)16-7-17-10(13)11-6-18(5,14-3)15-4/h1,6-7H2,2-5H3,(H,11,13). The molecule has 104 valence electrons. The van der Waals surface area contributed by atoms with Crippen LogP contribution in [0, 0.1) is 0 Å². The third kappa shape index (κ3) is 6.38. The van der Waals surface area contributed by atoms with E-state index in [0.29, 0.717) is 0 Å². The van der Waals surface area contributed by atoms with Crippen molar-refractivity contribution >= 4 is 20.6 Å². The predicted molar refractivity (Wildman–Crippen MR) is 65.9 cm³/mol. The molecule has 0 aliphatic heterocycles. The van der Waals surface area contributed by atoms with Crippen molar-refractivity contribution in [1.29, 1.82) is 0 Å². The highest BCUT2D eigenvalue weighted by Gasteiger charge is 2.29. The van der Waals surface area contributed by atoms with Gasteiger partial charge < -0.3 is 23.6 Å². The largest absolute Gasteiger partial charge is 0.424 e. The number of alkyl carbamates (subject to hydrolysis) is 1. The van der Waals surface area contributed by atoms with E-state index in [2.05, 4.69) is 21.4 Å². The van der Waals surface area contributed by atoms with Crippen LogP contribution in [0.1, 0.15) is 6.92 Å². The molecule has 0 rings (SSSR count). The normalized spacial score (nSPS) is 10.7. The van der Waals surface area contributed by atoms with Crippen LogP contribution < -0.4 is 5.32 Å². The summed E-state index contributed by atoms with van der Waals surface area (Å²) in [7, 11) is 0.650. The minimum atomic E-state index is -2.37. The zero-order valence-corrected chi connectivity index (χ0v) is 12.1. The molecule has 0 fully saturated rings. The number of carbonyl (C=O) groups is 2. The lowest BCUT2D eigenvalue weighted by Gasteiger charge is -2.22. The Labute approximate surface area is 107 Å². The van der Waals surface area contributed by atoms with Gasteiger partial charge in [0.15, 0.2) is 0 Å². The Balaban J connectivity index is 3.86. The van der Waals surface area contributed by atoms with Gasteiger partial charge in [0.1, 0.15) is 0 Å². The van der Waals surface area contributed by atoms with E-state index >= 15 is 0 Å². The molecule has 1 amide bonds. The van der Waals surface area contributed by atoms with E-state index in [-0.39, 0.29) is 11.7 Å². The molecule has 0 bridgehead atoms. The number of rotatable bonds is 7. The molecule has 18 heavy (non-hydrogen) atoms.